The first-order valence-electron chi connectivity index (χ1n) is 5.89. The molecule has 20 heavy (non-hydrogen) atoms. The maximum Gasteiger partial charge on any atom is 0.293 e. The van der Waals surface area contributed by atoms with Crippen molar-refractivity contribution in [2.45, 2.75) is 24.0 Å². The third-order valence-corrected chi connectivity index (χ3v) is 3.31. The third kappa shape index (κ3) is 2.15. The Morgan fingerprint density at radius 1 is 1.65 bits per heavy atom. The number of pyridine rings is 1. The molecule has 0 unspecified atom stereocenters. The molecule has 1 saturated heterocycles. The minimum absolute atomic E-state index is 0.208. The van der Waals surface area contributed by atoms with Gasteiger partial charge >= 0.3 is 0 Å². The van der Waals surface area contributed by atoms with E-state index in [1.54, 1.807) is 0 Å². The van der Waals surface area contributed by atoms with Gasteiger partial charge in [-0.05, 0) is 6.07 Å². The minimum Gasteiger partial charge on any atom is -0.394 e. The Bertz CT molecular complexity index is 570. The molecule has 0 bridgehead atoms. The molecule has 5 N–H and O–H groups in total. The van der Waals surface area contributed by atoms with E-state index >= 15 is 0 Å². The van der Waals surface area contributed by atoms with Crippen molar-refractivity contribution < 1.29 is 29.4 Å². The fourth-order valence-electron chi connectivity index (χ4n) is 2.14. The Hall–Kier alpha value is -1.98. The summed E-state index contributed by atoms with van der Waals surface area (Å²) in [5, 5.41) is 29.5. The van der Waals surface area contributed by atoms with Gasteiger partial charge in [0.15, 0.2) is 24.1 Å². The molecule has 7 heteroatoms. The molecule has 0 aromatic carbocycles. The van der Waals surface area contributed by atoms with Crippen LogP contribution in [0.15, 0.2) is 24.5 Å². The highest BCUT2D eigenvalue weighted by Gasteiger charge is 2.58. The lowest BCUT2D eigenvalue weighted by atomic mass is 9.93. The first-order valence-corrected chi connectivity index (χ1v) is 5.89. The van der Waals surface area contributed by atoms with Crippen LogP contribution in [0.5, 0.6) is 0 Å². The monoisotopic (exact) mass is 279 g/mol. The number of carbonyl (C=O) groups excluding carboxylic acids is 1. The Morgan fingerprint density at radius 2 is 2.35 bits per heavy atom. The predicted molar refractivity (Wildman–Crippen MR) is 65.9 cm³/mol. The second kappa shape index (κ2) is 5.19. The Kier molecular flexibility index (Phi) is 3.74. The number of aliphatic hydroxyl groups excluding tert-OH is 2. The van der Waals surface area contributed by atoms with Crippen LogP contribution in [0.4, 0.5) is 0 Å². The number of hydrogen-bond donors (Lipinski definition) is 4. The van der Waals surface area contributed by atoms with E-state index in [0.717, 1.165) is 0 Å². The van der Waals surface area contributed by atoms with Crippen molar-refractivity contribution in [2.75, 3.05) is 6.61 Å². The van der Waals surface area contributed by atoms with Crippen LogP contribution in [0.1, 0.15) is 16.6 Å². The Balaban J connectivity index is 2.38. The molecule has 1 amide bonds. The summed E-state index contributed by atoms with van der Waals surface area (Å²) in [7, 11) is 0. The zero-order chi connectivity index (χ0) is 14.9. The molecular formula is C13H15N2O5+. The number of amides is 1. The van der Waals surface area contributed by atoms with E-state index in [-0.39, 0.29) is 5.56 Å². The SMILES string of the molecule is C#C[C@@]1(O)[C@@H](CO)O[C@@H]([n+]2cccc(C(N)=O)c2)[C@@H]1O. The van der Waals surface area contributed by atoms with Crippen LogP contribution in [0.2, 0.25) is 0 Å². The van der Waals surface area contributed by atoms with Gasteiger partial charge in [-0.2, -0.15) is 4.57 Å². The quantitative estimate of drug-likeness (QED) is 0.366. The molecule has 0 saturated carbocycles. The average Bonchev–Trinajstić information content (AvgIpc) is 2.72. The van der Waals surface area contributed by atoms with Gasteiger partial charge in [-0.3, -0.25) is 4.79 Å². The van der Waals surface area contributed by atoms with Crippen molar-refractivity contribution in [3.8, 4) is 12.3 Å². The second-order valence-corrected chi connectivity index (χ2v) is 4.52. The van der Waals surface area contributed by atoms with Gasteiger partial charge in [0, 0.05) is 6.07 Å². The van der Waals surface area contributed by atoms with Gasteiger partial charge in [0.05, 0.1) is 6.61 Å². The summed E-state index contributed by atoms with van der Waals surface area (Å²) in [5.41, 5.74) is 3.38. The lowest BCUT2D eigenvalue weighted by Gasteiger charge is -2.22. The number of hydrogen-bond acceptors (Lipinski definition) is 5. The molecule has 1 aliphatic rings. The van der Waals surface area contributed by atoms with E-state index in [2.05, 4.69) is 0 Å². The molecular weight excluding hydrogens is 264 g/mol. The molecule has 4 atom stereocenters. The smallest absolute Gasteiger partial charge is 0.293 e. The normalized spacial score (nSPS) is 32.8. The zero-order valence-electron chi connectivity index (χ0n) is 10.5. The highest BCUT2D eigenvalue weighted by molar-refractivity contribution is 5.92. The maximum atomic E-state index is 11.1. The Morgan fingerprint density at radius 3 is 2.85 bits per heavy atom. The lowest BCUT2D eigenvalue weighted by Crippen LogP contribution is -2.51. The standard InChI is InChI=1S/C13H14N2O5/c1-2-13(19)9(7-16)20-12(10(13)17)15-5-3-4-8(6-15)11(14)18/h1,3-6,9-10,12,16-17,19H,7H2,(H-,14,18)/p+1/t9-,10+,12-,13-/m1/s1. The van der Waals surface area contributed by atoms with Crippen LogP contribution in [0.3, 0.4) is 0 Å². The molecule has 0 aliphatic carbocycles. The second-order valence-electron chi connectivity index (χ2n) is 4.52. The van der Waals surface area contributed by atoms with Gasteiger partial charge in [0.2, 0.25) is 0 Å². The summed E-state index contributed by atoms with van der Waals surface area (Å²) >= 11 is 0. The summed E-state index contributed by atoms with van der Waals surface area (Å²) in [4.78, 5) is 11.1. The van der Waals surface area contributed by atoms with Crippen molar-refractivity contribution in [1.29, 1.82) is 0 Å². The lowest BCUT2D eigenvalue weighted by molar-refractivity contribution is -0.766. The highest BCUT2D eigenvalue weighted by atomic mass is 16.6. The number of ether oxygens (including phenoxy) is 1. The fourth-order valence-corrected chi connectivity index (χ4v) is 2.14. The fraction of sp³-hybridized carbons (Fsp3) is 0.385. The van der Waals surface area contributed by atoms with Gasteiger partial charge in [0.25, 0.3) is 12.1 Å². The molecule has 1 aromatic heterocycles. The van der Waals surface area contributed by atoms with Gasteiger partial charge in [-0.1, -0.05) is 5.92 Å². The molecule has 0 spiro atoms. The molecule has 7 nitrogen and oxygen atoms in total. The van der Waals surface area contributed by atoms with Crippen molar-refractivity contribution >= 4 is 5.91 Å². The van der Waals surface area contributed by atoms with Gasteiger partial charge in [0.1, 0.15) is 11.7 Å². The summed E-state index contributed by atoms with van der Waals surface area (Å²) in [5.74, 6) is 1.40. The van der Waals surface area contributed by atoms with E-state index in [1.807, 2.05) is 5.92 Å². The van der Waals surface area contributed by atoms with E-state index in [1.165, 1.54) is 29.1 Å². The van der Waals surface area contributed by atoms with Crippen molar-refractivity contribution in [3.63, 3.8) is 0 Å². The molecule has 0 radical (unpaired) electrons. The number of aromatic nitrogens is 1. The summed E-state index contributed by atoms with van der Waals surface area (Å²) in [6.07, 6.45) is 4.48. The number of nitrogens with zero attached hydrogens (tertiary/aromatic N) is 1. The number of carbonyl (C=O) groups is 1. The number of aliphatic hydroxyl groups is 3. The number of rotatable bonds is 3. The third-order valence-electron chi connectivity index (χ3n) is 3.31. The van der Waals surface area contributed by atoms with Crippen LogP contribution in [0.25, 0.3) is 0 Å². The molecule has 2 heterocycles. The van der Waals surface area contributed by atoms with Crippen molar-refractivity contribution in [3.05, 3.63) is 30.1 Å². The van der Waals surface area contributed by atoms with Crippen LogP contribution >= 0.6 is 0 Å². The van der Waals surface area contributed by atoms with Gasteiger partial charge in [-0.15, -0.1) is 6.42 Å². The molecule has 1 fully saturated rings. The number of nitrogens with two attached hydrogens (primary N) is 1. The van der Waals surface area contributed by atoms with E-state index in [9.17, 15) is 20.1 Å². The van der Waals surface area contributed by atoms with Gasteiger partial charge in [-0.25, -0.2) is 0 Å². The molecule has 106 valence electrons. The minimum atomic E-state index is -2.00. The molecule has 1 aromatic rings. The Labute approximate surface area is 115 Å². The topological polar surface area (TPSA) is 117 Å². The summed E-state index contributed by atoms with van der Waals surface area (Å²) in [6, 6.07) is 3.04. The first kappa shape index (κ1) is 14.4. The van der Waals surface area contributed by atoms with Crippen molar-refractivity contribution in [2.24, 2.45) is 5.73 Å². The van der Waals surface area contributed by atoms with E-state index in [0.29, 0.717) is 0 Å². The zero-order valence-corrected chi connectivity index (χ0v) is 10.5. The summed E-state index contributed by atoms with van der Waals surface area (Å²) in [6.45, 7) is -0.551. The molecule has 1 aliphatic heterocycles. The van der Waals surface area contributed by atoms with Crippen LogP contribution in [-0.2, 0) is 4.74 Å². The highest BCUT2D eigenvalue weighted by Crippen LogP contribution is 2.33. The number of primary amides is 1. The first-order chi connectivity index (χ1) is 9.43. The van der Waals surface area contributed by atoms with Crippen LogP contribution in [0, 0.1) is 12.3 Å². The maximum absolute atomic E-state index is 11.1. The van der Waals surface area contributed by atoms with Crippen molar-refractivity contribution in [1.82, 2.24) is 0 Å². The average molecular weight is 279 g/mol. The van der Waals surface area contributed by atoms with E-state index < -0.39 is 36.6 Å². The van der Waals surface area contributed by atoms with Gasteiger partial charge < -0.3 is 25.8 Å². The van der Waals surface area contributed by atoms with E-state index in [4.69, 9.17) is 16.9 Å². The largest absolute Gasteiger partial charge is 0.394 e. The van der Waals surface area contributed by atoms with Crippen LogP contribution < -0.4 is 10.3 Å². The van der Waals surface area contributed by atoms with Crippen LogP contribution in [-0.4, -0.2) is 45.6 Å². The predicted octanol–water partition coefficient (Wildman–Crippen LogP) is -2.31. The summed E-state index contributed by atoms with van der Waals surface area (Å²) < 4.78 is 6.73. The number of terminal acetylenes is 1. The molecule has 2 rings (SSSR count).